The van der Waals surface area contributed by atoms with E-state index < -0.39 is 34.6 Å². The molecule has 6 aliphatic heterocycles. The van der Waals surface area contributed by atoms with Gasteiger partial charge in [-0.15, -0.1) is 11.6 Å². The second-order valence-electron chi connectivity index (χ2n) is 38.9. The van der Waals surface area contributed by atoms with E-state index in [1.165, 1.54) is 23.8 Å². The lowest BCUT2D eigenvalue weighted by Crippen LogP contribution is -2.40. The Bertz CT molecular complexity index is 6770. The third kappa shape index (κ3) is 24.5. The molecule has 0 saturated carbocycles. The van der Waals surface area contributed by atoms with Gasteiger partial charge in [-0.05, 0) is 169 Å². The van der Waals surface area contributed by atoms with Crippen LogP contribution in [0.3, 0.4) is 0 Å². The van der Waals surface area contributed by atoms with Crippen LogP contribution in [0.4, 0.5) is 30.2 Å². The molecule has 0 bridgehead atoms. The Morgan fingerprint density at radius 1 is 0.464 bits per heavy atom. The number of fused-ring (bicyclic) bond motifs is 3. The lowest BCUT2D eigenvalue weighted by Gasteiger charge is -2.38. The van der Waals surface area contributed by atoms with Crippen molar-refractivity contribution < 1.29 is 70.6 Å². The van der Waals surface area contributed by atoms with Crippen molar-refractivity contribution in [3.8, 4) is 17.6 Å². The largest absolute Gasteiger partial charge is 0.478 e. The van der Waals surface area contributed by atoms with E-state index in [1.54, 1.807) is 84.9 Å². The number of carboxylic acids is 1. The van der Waals surface area contributed by atoms with Crippen molar-refractivity contribution in [1.29, 1.82) is 0 Å². The molecule has 3 atom stereocenters. The topological polar surface area (TPSA) is 269 Å². The summed E-state index contributed by atoms with van der Waals surface area (Å²) in [5.41, 5.74) is 12.5. The highest BCUT2D eigenvalue weighted by molar-refractivity contribution is 6.17. The molecule has 3 fully saturated rings. The highest BCUT2D eigenvalue weighted by Crippen LogP contribution is 2.43. The van der Waals surface area contributed by atoms with Gasteiger partial charge in [0.2, 0.25) is 17.6 Å². The van der Waals surface area contributed by atoms with Crippen LogP contribution in [0.2, 0.25) is 0 Å². The predicted molar refractivity (Wildman–Crippen MR) is 522 cm³/mol. The van der Waals surface area contributed by atoms with Crippen LogP contribution in [0, 0.1) is 53.4 Å². The van der Waals surface area contributed by atoms with Gasteiger partial charge in [-0.2, -0.15) is 0 Å². The van der Waals surface area contributed by atoms with Gasteiger partial charge < -0.3 is 62.0 Å². The van der Waals surface area contributed by atoms with Gasteiger partial charge in [0, 0.05) is 110 Å². The van der Waals surface area contributed by atoms with Gasteiger partial charge in [0.1, 0.15) is 65.9 Å². The van der Waals surface area contributed by atoms with Crippen molar-refractivity contribution in [3.63, 3.8) is 0 Å². The molecule has 27 nitrogen and oxygen atoms in total. The molecule has 0 radical (unpaired) electrons. The van der Waals surface area contributed by atoms with Crippen LogP contribution in [0.15, 0.2) is 182 Å². The number of aromatic carboxylic acids is 1. The second kappa shape index (κ2) is 42.6. The maximum atomic E-state index is 14.4. The fraction of sp³-hybridized carbons (Fsp3) is 0.383. The minimum atomic E-state index is -0.961. The Hall–Kier alpha value is -13.5. The molecule has 716 valence electrons. The van der Waals surface area contributed by atoms with Gasteiger partial charge in [-0.1, -0.05) is 114 Å². The zero-order chi connectivity index (χ0) is 98.0. The number of nitrogens with zero attached hydrogens (tertiary/aromatic N) is 14. The molecule has 138 heavy (non-hydrogen) atoms. The monoisotopic (exact) mass is 1890 g/mol. The number of carbonyl (C=O) groups excluding carboxylic acids is 2. The van der Waals surface area contributed by atoms with Crippen molar-refractivity contribution in [2.75, 3.05) is 59.1 Å². The number of benzene rings is 6. The first-order chi connectivity index (χ1) is 65.9. The van der Waals surface area contributed by atoms with E-state index in [0.717, 1.165) is 144 Å². The van der Waals surface area contributed by atoms with Crippen LogP contribution in [-0.2, 0) is 82.1 Å². The molecule has 0 amide bonds. The number of nitrogens with one attached hydrogen (secondary N) is 1. The van der Waals surface area contributed by atoms with Crippen molar-refractivity contribution in [2.45, 2.75) is 190 Å². The molecule has 31 heteroatoms. The zero-order valence-corrected chi connectivity index (χ0v) is 80.4. The molecular weight excluding hydrogens is 1780 g/mol. The first kappa shape index (κ1) is 99.0. The highest BCUT2D eigenvalue weighted by Gasteiger charge is 2.37. The summed E-state index contributed by atoms with van der Waals surface area (Å²) in [7, 11) is 0. The van der Waals surface area contributed by atoms with Crippen LogP contribution in [0.1, 0.15) is 185 Å². The summed E-state index contributed by atoms with van der Waals surface area (Å²) >= 11 is 6.02. The number of pyridine rings is 3. The second-order valence-corrected chi connectivity index (χ2v) is 39.2. The molecule has 6 aromatic carbocycles. The Morgan fingerprint density at radius 2 is 0.804 bits per heavy atom. The molecule has 3 saturated heterocycles. The number of hydrogen-bond acceptors (Lipinski definition) is 20. The normalized spacial score (nSPS) is 17.6. The summed E-state index contributed by atoms with van der Waals surface area (Å²) in [6.45, 7) is 55.6. The molecule has 6 aromatic heterocycles. The molecular formula is C107H113ClF3N15O12. The third-order valence-corrected chi connectivity index (χ3v) is 24.8. The lowest BCUT2D eigenvalue weighted by atomic mass is 9.79. The van der Waals surface area contributed by atoms with E-state index >= 15 is 0 Å². The molecule has 6 aliphatic rings. The van der Waals surface area contributed by atoms with Crippen molar-refractivity contribution >= 4 is 96.4 Å². The summed E-state index contributed by atoms with van der Waals surface area (Å²) in [6.07, 6.45) is 9.96. The van der Waals surface area contributed by atoms with Gasteiger partial charge >= 0.3 is 17.9 Å². The summed E-state index contributed by atoms with van der Waals surface area (Å²) in [4.78, 5) is 79.8. The van der Waals surface area contributed by atoms with Gasteiger partial charge in [-0.3, -0.25) is 9.80 Å². The Morgan fingerprint density at radius 3 is 1.12 bits per heavy atom. The molecule has 18 rings (SSSR count). The van der Waals surface area contributed by atoms with E-state index in [4.69, 9.17) is 89.1 Å². The quantitative estimate of drug-likeness (QED) is 0.0290. The van der Waals surface area contributed by atoms with E-state index in [-0.39, 0.29) is 88.9 Å². The van der Waals surface area contributed by atoms with Crippen molar-refractivity contribution in [1.82, 2.24) is 58.7 Å². The summed E-state index contributed by atoms with van der Waals surface area (Å²) in [5, 5.41) is 12.9. The Kier molecular flexibility index (Phi) is 30.6. The van der Waals surface area contributed by atoms with Crippen LogP contribution in [0.25, 0.3) is 64.4 Å². The maximum absolute atomic E-state index is 14.4. The summed E-state index contributed by atoms with van der Waals surface area (Å²) < 4.78 is 94.5. The Balaban J connectivity index is 0.000000146. The fourth-order valence-corrected chi connectivity index (χ4v) is 17.5. The third-order valence-electron chi connectivity index (χ3n) is 24.6. The SMILES string of the molecule is CC(C)(C)OC(=O)c1ccc2nc(CCl)n(C[C@@H]3CCO3)c2c1.[C-]#[N+]c1ccc(COc2cccc(C3=CCN(Cc4nc5ccc(C(=O)O)cc5n4C[C@@H]4CCO4)CC3(C)C)n2)c(F)c1.[C-]#[N+]c1ccc(COc2cccc(C3=CCN(Cc4nc5ccc(C(=O)OC(C)(C)C)cc5n4C[C@@H]4CCO4)CC3(C)C)n2)c(F)c1.[C-]#[N+]c1ccc(COc2cccc(C3=CCNCC3(C)C)n2)c(F)c1. The lowest BCUT2D eigenvalue weighted by molar-refractivity contribution is -0.0593. The minimum absolute atomic E-state index is 0.00836. The molecule has 0 aliphatic carbocycles. The zero-order valence-electron chi connectivity index (χ0n) is 79.6. The minimum Gasteiger partial charge on any atom is -0.478 e. The van der Waals surface area contributed by atoms with E-state index in [2.05, 4.69) is 109 Å². The number of aromatic nitrogens is 9. The van der Waals surface area contributed by atoms with E-state index in [9.17, 15) is 32.7 Å². The maximum Gasteiger partial charge on any atom is 0.338 e. The number of halogens is 4. The van der Waals surface area contributed by atoms with Crippen molar-refractivity contribution in [3.05, 3.63) is 302 Å². The Labute approximate surface area is 806 Å². The average Bonchev–Trinajstić information content (AvgIpc) is 1.65. The molecule has 0 spiro atoms. The van der Waals surface area contributed by atoms with Crippen LogP contribution < -0.4 is 19.5 Å². The van der Waals surface area contributed by atoms with Crippen molar-refractivity contribution in [2.24, 2.45) is 16.2 Å². The van der Waals surface area contributed by atoms with Crippen LogP contribution in [0.5, 0.6) is 17.6 Å². The van der Waals surface area contributed by atoms with Gasteiger partial charge in [0.25, 0.3) is 0 Å². The van der Waals surface area contributed by atoms with E-state index in [1.807, 2.05) is 107 Å². The molecule has 2 N–H and O–H groups in total. The highest BCUT2D eigenvalue weighted by atomic mass is 35.5. The van der Waals surface area contributed by atoms with Gasteiger partial charge in [0.05, 0.1) is 144 Å². The first-order valence-electron chi connectivity index (χ1n) is 46.1. The fourth-order valence-electron chi connectivity index (χ4n) is 17.3. The summed E-state index contributed by atoms with van der Waals surface area (Å²) in [5.74, 6) is 1.16. The standard InChI is InChI=1S/C37H40FN5O4.C33H32FN5O4.C20H20FN3O.C17H21ClN2O3/c1-36(2,3)47-35(44)24-11-13-31-32(18-24)43(20-27-15-17-45-27)33(40-31)21-42-16-14-28(37(4,5)23-42)30-8-7-9-34(41-30)46-22-25-10-12-26(39-6)19-29(25)38;1-33(2)20-38(18-30-36-28-10-8-21(32(40)41)15-29(28)39(30)17-24-12-14-42-24)13-11-25(33)27-5-4-6-31(37-27)43-19-22-7-9-23(35-3)16-26(22)34;1-20(2)13-23-10-9-16(20)18-5-4-6-19(24-18)25-12-14-7-8-15(22-3)11-17(14)21;1-17(2,3)23-16(21)11-4-5-13-14(8-11)20(15(9-18)19-13)10-12-6-7-22-12/h7-14,18-19,27H,15-17,20-23H2,1-5H3;4-11,15-16,24H,12-14,17-20H2,1-2H3,(H,40,41);4-9,11,23H,10,12-13H2,1-2H3;4-5,8,12H,6-7,9-10H2,1-3H3/t27-;24-;;12-/m00.0/s1. The number of carbonyl (C=O) groups is 3. The van der Waals surface area contributed by atoms with Gasteiger partial charge in [-0.25, -0.2) is 72.0 Å². The number of esters is 2. The number of carboxylic acid groups (broad SMARTS) is 1. The molecule has 12 heterocycles. The smallest absolute Gasteiger partial charge is 0.338 e. The summed E-state index contributed by atoms with van der Waals surface area (Å²) in [6, 6.07) is 46.0. The number of hydrogen-bond donors (Lipinski definition) is 2. The number of rotatable bonds is 26. The number of imidazole rings is 3. The van der Waals surface area contributed by atoms with Crippen LogP contribution >= 0.6 is 11.6 Å². The van der Waals surface area contributed by atoms with E-state index in [0.29, 0.717) is 97.2 Å². The average molecular weight is 1890 g/mol. The number of alkyl halides is 1. The number of ether oxygens (including phenoxy) is 8. The predicted octanol–water partition coefficient (Wildman–Crippen LogP) is 21.4. The molecule has 12 aromatic rings. The molecule has 0 unspecified atom stereocenters. The van der Waals surface area contributed by atoms with Crippen LogP contribution in [-0.4, -0.2) is 165 Å². The first-order valence-corrected chi connectivity index (χ1v) is 46.6. The van der Waals surface area contributed by atoms with Gasteiger partial charge in [0.15, 0.2) is 17.1 Å².